The lowest BCUT2D eigenvalue weighted by Gasteiger charge is -2.28. The average molecular weight is 382 g/mol. The molecular weight excluding hydrogens is 366 g/mol. The minimum atomic E-state index is -3.60. The second kappa shape index (κ2) is 5.40. The largest absolute Gasteiger partial charge is 0.481 e. The Morgan fingerprint density at radius 1 is 1.50 bits per heavy atom. The molecule has 20 heavy (non-hydrogen) atoms. The van der Waals surface area contributed by atoms with Gasteiger partial charge in [-0.1, -0.05) is 13.8 Å². The van der Waals surface area contributed by atoms with Crippen LogP contribution in [0.15, 0.2) is 20.1 Å². The molecule has 1 aromatic heterocycles. The summed E-state index contributed by atoms with van der Waals surface area (Å²) in [7, 11) is -3.60. The fourth-order valence-corrected chi connectivity index (χ4v) is 6.13. The molecule has 1 atom stereocenters. The number of hydrogen-bond donors (Lipinski definition) is 1. The van der Waals surface area contributed by atoms with Crippen LogP contribution in [0.5, 0.6) is 0 Å². The molecule has 1 N–H and O–H groups in total. The standard InChI is InChI=1S/C12H16BrNO4S2/c1-8(2)12(11(15)16)5-6-14(7-12)20(17,18)10-4-3-9(13)19-10/h3-4,8H,5-7H2,1-2H3,(H,15,16). The van der Waals surface area contributed by atoms with Crippen LogP contribution in [0.25, 0.3) is 0 Å². The molecular formula is C12H16BrNO4S2. The van der Waals surface area contributed by atoms with Gasteiger partial charge in [0.2, 0.25) is 0 Å². The van der Waals surface area contributed by atoms with E-state index in [-0.39, 0.29) is 23.2 Å². The Morgan fingerprint density at radius 3 is 2.55 bits per heavy atom. The zero-order valence-corrected chi connectivity index (χ0v) is 14.4. The first kappa shape index (κ1) is 15.9. The highest BCUT2D eigenvalue weighted by molar-refractivity contribution is 9.11. The van der Waals surface area contributed by atoms with E-state index in [0.717, 1.165) is 15.1 Å². The third-order valence-electron chi connectivity index (χ3n) is 3.94. The summed E-state index contributed by atoms with van der Waals surface area (Å²) in [5.41, 5.74) is -0.985. The molecule has 0 spiro atoms. The predicted octanol–water partition coefficient (Wildman–Crippen LogP) is 2.63. The minimum Gasteiger partial charge on any atom is -0.481 e. The summed E-state index contributed by atoms with van der Waals surface area (Å²) >= 11 is 4.38. The van der Waals surface area contributed by atoms with Crippen molar-refractivity contribution >= 4 is 43.3 Å². The van der Waals surface area contributed by atoms with E-state index in [1.807, 2.05) is 13.8 Å². The van der Waals surface area contributed by atoms with E-state index in [1.165, 1.54) is 4.31 Å². The molecule has 5 nitrogen and oxygen atoms in total. The van der Waals surface area contributed by atoms with Gasteiger partial charge in [0.05, 0.1) is 9.20 Å². The molecule has 1 aliphatic rings. The fraction of sp³-hybridized carbons (Fsp3) is 0.583. The molecule has 112 valence electrons. The van der Waals surface area contributed by atoms with Crippen molar-refractivity contribution in [3.05, 3.63) is 15.9 Å². The molecule has 0 saturated carbocycles. The number of halogens is 1. The Labute approximate surface area is 130 Å². The van der Waals surface area contributed by atoms with Crippen LogP contribution in [-0.4, -0.2) is 36.9 Å². The number of nitrogens with zero attached hydrogens (tertiary/aromatic N) is 1. The third kappa shape index (κ3) is 2.54. The molecule has 1 aromatic rings. The number of hydrogen-bond acceptors (Lipinski definition) is 4. The van der Waals surface area contributed by atoms with Gasteiger partial charge >= 0.3 is 5.97 Å². The number of carboxylic acid groups (broad SMARTS) is 1. The lowest BCUT2D eigenvalue weighted by molar-refractivity contribution is -0.150. The van der Waals surface area contributed by atoms with Gasteiger partial charge < -0.3 is 5.11 Å². The van der Waals surface area contributed by atoms with Crippen molar-refractivity contribution in [3.8, 4) is 0 Å². The average Bonchev–Trinajstić information content (AvgIpc) is 2.95. The van der Waals surface area contributed by atoms with Gasteiger partial charge in [0.15, 0.2) is 0 Å². The Hall–Kier alpha value is -0.440. The zero-order valence-electron chi connectivity index (χ0n) is 11.2. The predicted molar refractivity (Wildman–Crippen MR) is 80.3 cm³/mol. The van der Waals surface area contributed by atoms with Crippen molar-refractivity contribution in [2.75, 3.05) is 13.1 Å². The van der Waals surface area contributed by atoms with Gasteiger partial charge in [-0.15, -0.1) is 11.3 Å². The first-order valence-corrected chi connectivity index (χ1v) is 9.24. The summed E-state index contributed by atoms with van der Waals surface area (Å²) in [6.07, 6.45) is 0.353. The maximum Gasteiger partial charge on any atom is 0.311 e. The monoisotopic (exact) mass is 381 g/mol. The first-order valence-electron chi connectivity index (χ1n) is 6.19. The zero-order chi connectivity index (χ0) is 15.1. The van der Waals surface area contributed by atoms with Crippen LogP contribution in [0.2, 0.25) is 0 Å². The Morgan fingerprint density at radius 2 is 2.15 bits per heavy atom. The Bertz CT molecular complexity index is 625. The third-order valence-corrected chi connectivity index (χ3v) is 7.88. The minimum absolute atomic E-state index is 0.0395. The molecule has 0 amide bonds. The number of carbonyl (C=O) groups is 1. The van der Waals surface area contributed by atoms with Gasteiger partial charge in [0, 0.05) is 13.1 Å². The molecule has 1 aliphatic heterocycles. The molecule has 0 aliphatic carbocycles. The number of thiophene rings is 1. The van der Waals surface area contributed by atoms with Crippen molar-refractivity contribution in [1.82, 2.24) is 4.31 Å². The van der Waals surface area contributed by atoms with Crippen LogP contribution >= 0.6 is 27.3 Å². The molecule has 1 unspecified atom stereocenters. The quantitative estimate of drug-likeness (QED) is 0.869. The maximum absolute atomic E-state index is 12.5. The van der Waals surface area contributed by atoms with Crippen molar-refractivity contribution in [3.63, 3.8) is 0 Å². The Kier molecular flexibility index (Phi) is 4.30. The summed E-state index contributed by atoms with van der Waals surface area (Å²) in [4.78, 5) is 11.6. The molecule has 1 saturated heterocycles. The second-order valence-corrected chi connectivity index (χ2v) is 9.89. The van der Waals surface area contributed by atoms with E-state index < -0.39 is 21.4 Å². The summed E-state index contributed by atoms with van der Waals surface area (Å²) < 4.78 is 27.3. The van der Waals surface area contributed by atoms with Crippen LogP contribution in [-0.2, 0) is 14.8 Å². The van der Waals surface area contributed by atoms with Crippen molar-refractivity contribution in [2.45, 2.75) is 24.5 Å². The molecule has 0 bridgehead atoms. The van der Waals surface area contributed by atoms with E-state index >= 15 is 0 Å². The lowest BCUT2D eigenvalue weighted by Crippen LogP contribution is -2.40. The molecule has 8 heteroatoms. The smallest absolute Gasteiger partial charge is 0.311 e. The molecule has 2 rings (SSSR count). The van der Waals surface area contributed by atoms with Crippen molar-refractivity contribution < 1.29 is 18.3 Å². The molecule has 2 heterocycles. The van der Waals surface area contributed by atoms with Crippen LogP contribution in [0.1, 0.15) is 20.3 Å². The van der Waals surface area contributed by atoms with Crippen LogP contribution in [0.3, 0.4) is 0 Å². The van der Waals surface area contributed by atoms with Gasteiger partial charge in [0.25, 0.3) is 10.0 Å². The topological polar surface area (TPSA) is 74.7 Å². The van der Waals surface area contributed by atoms with Gasteiger partial charge in [-0.2, -0.15) is 4.31 Å². The summed E-state index contributed by atoms with van der Waals surface area (Å²) in [6.45, 7) is 3.94. The summed E-state index contributed by atoms with van der Waals surface area (Å²) in [5.74, 6) is -1.03. The summed E-state index contributed by atoms with van der Waals surface area (Å²) in [6, 6.07) is 3.22. The Balaban J connectivity index is 2.31. The normalized spacial score (nSPS) is 24.4. The van der Waals surface area contributed by atoms with Gasteiger partial charge in [0.1, 0.15) is 4.21 Å². The number of sulfonamides is 1. The highest BCUT2D eigenvalue weighted by atomic mass is 79.9. The first-order chi connectivity index (χ1) is 9.20. The number of rotatable bonds is 4. The highest BCUT2D eigenvalue weighted by Gasteiger charge is 2.50. The molecule has 0 radical (unpaired) electrons. The van der Waals surface area contributed by atoms with E-state index in [4.69, 9.17) is 0 Å². The SMILES string of the molecule is CC(C)C1(C(=O)O)CCN(S(=O)(=O)c2ccc(Br)s2)C1. The lowest BCUT2D eigenvalue weighted by atomic mass is 9.77. The van der Waals surface area contributed by atoms with Crippen LogP contribution in [0, 0.1) is 11.3 Å². The molecule has 0 aromatic carbocycles. The molecule has 1 fully saturated rings. The van der Waals surface area contributed by atoms with E-state index in [2.05, 4.69) is 15.9 Å². The van der Waals surface area contributed by atoms with E-state index in [9.17, 15) is 18.3 Å². The fourth-order valence-electron chi connectivity index (χ4n) is 2.46. The maximum atomic E-state index is 12.5. The van der Waals surface area contributed by atoms with Crippen LogP contribution in [0.4, 0.5) is 0 Å². The van der Waals surface area contributed by atoms with Crippen molar-refractivity contribution in [1.29, 1.82) is 0 Å². The summed E-state index contributed by atoms with van der Waals surface area (Å²) in [5, 5.41) is 9.47. The van der Waals surface area contributed by atoms with Gasteiger partial charge in [-0.25, -0.2) is 8.42 Å². The number of carboxylic acids is 1. The van der Waals surface area contributed by atoms with Crippen molar-refractivity contribution in [2.24, 2.45) is 11.3 Å². The van der Waals surface area contributed by atoms with Gasteiger partial charge in [-0.05, 0) is 40.4 Å². The van der Waals surface area contributed by atoms with Crippen LogP contribution < -0.4 is 0 Å². The van der Waals surface area contributed by atoms with Gasteiger partial charge in [-0.3, -0.25) is 4.79 Å². The number of aliphatic carboxylic acids is 1. The highest BCUT2D eigenvalue weighted by Crippen LogP contribution is 2.41. The van der Waals surface area contributed by atoms with E-state index in [1.54, 1.807) is 12.1 Å². The second-order valence-electron chi connectivity index (χ2n) is 5.26. The van der Waals surface area contributed by atoms with E-state index in [0.29, 0.717) is 6.42 Å².